The lowest BCUT2D eigenvalue weighted by Gasteiger charge is -2.49. The predicted molar refractivity (Wildman–Crippen MR) is 92.4 cm³/mol. The predicted octanol–water partition coefficient (Wildman–Crippen LogP) is 3.56. The van der Waals surface area contributed by atoms with Gasteiger partial charge in [-0.1, -0.05) is 24.3 Å². The Labute approximate surface area is 137 Å². The SMILES string of the molecule is OCC1=C[C@H]2CC[C@H]3c4[nH]c5ccccc5c4CCN3[C@@H]2CC1. The fourth-order valence-electron chi connectivity index (χ4n) is 5.26. The lowest BCUT2D eigenvalue weighted by molar-refractivity contribution is 0.0357. The summed E-state index contributed by atoms with van der Waals surface area (Å²) in [6.45, 7) is 1.43. The van der Waals surface area contributed by atoms with Crippen molar-refractivity contribution in [2.24, 2.45) is 5.92 Å². The summed E-state index contributed by atoms with van der Waals surface area (Å²) in [5.41, 5.74) is 5.59. The minimum Gasteiger partial charge on any atom is -0.392 e. The fraction of sp³-hybridized carbons (Fsp3) is 0.500. The summed E-state index contributed by atoms with van der Waals surface area (Å²) in [5, 5.41) is 10.9. The molecule has 23 heavy (non-hydrogen) atoms. The zero-order valence-electron chi connectivity index (χ0n) is 13.5. The average Bonchev–Trinajstić information content (AvgIpc) is 2.99. The third-order valence-electron chi connectivity index (χ3n) is 6.31. The van der Waals surface area contributed by atoms with Crippen molar-refractivity contribution in [2.45, 2.75) is 44.2 Å². The highest BCUT2D eigenvalue weighted by atomic mass is 16.3. The van der Waals surface area contributed by atoms with E-state index in [0.29, 0.717) is 18.0 Å². The summed E-state index contributed by atoms with van der Waals surface area (Å²) in [4.78, 5) is 6.49. The zero-order valence-corrected chi connectivity index (χ0v) is 13.5. The first-order valence-corrected chi connectivity index (χ1v) is 9.01. The molecule has 1 aromatic carbocycles. The Morgan fingerprint density at radius 3 is 2.96 bits per heavy atom. The molecule has 120 valence electrons. The van der Waals surface area contributed by atoms with Gasteiger partial charge >= 0.3 is 0 Å². The van der Waals surface area contributed by atoms with Gasteiger partial charge in [0, 0.05) is 29.2 Å². The molecule has 5 rings (SSSR count). The Morgan fingerprint density at radius 1 is 1.13 bits per heavy atom. The van der Waals surface area contributed by atoms with Crippen LogP contribution in [0.15, 0.2) is 35.9 Å². The maximum atomic E-state index is 9.44. The van der Waals surface area contributed by atoms with E-state index in [4.69, 9.17) is 0 Å². The van der Waals surface area contributed by atoms with Gasteiger partial charge in [-0.15, -0.1) is 0 Å². The fourth-order valence-corrected chi connectivity index (χ4v) is 5.26. The molecule has 0 bridgehead atoms. The van der Waals surface area contributed by atoms with Gasteiger partial charge in [0.2, 0.25) is 0 Å². The normalized spacial score (nSPS) is 30.5. The van der Waals surface area contributed by atoms with Crippen molar-refractivity contribution in [3.05, 3.63) is 47.2 Å². The first-order chi connectivity index (χ1) is 11.3. The Morgan fingerprint density at radius 2 is 2.04 bits per heavy atom. The molecule has 1 fully saturated rings. The number of hydrogen-bond acceptors (Lipinski definition) is 2. The summed E-state index contributed by atoms with van der Waals surface area (Å²) >= 11 is 0. The highest BCUT2D eigenvalue weighted by Crippen LogP contribution is 2.46. The smallest absolute Gasteiger partial charge is 0.0641 e. The molecule has 3 heteroatoms. The van der Waals surface area contributed by atoms with Crippen LogP contribution in [0.2, 0.25) is 0 Å². The third-order valence-corrected chi connectivity index (χ3v) is 6.31. The second-order valence-electron chi connectivity index (χ2n) is 7.40. The molecule has 0 radical (unpaired) electrons. The van der Waals surface area contributed by atoms with Gasteiger partial charge in [0.1, 0.15) is 0 Å². The van der Waals surface area contributed by atoms with E-state index in [0.717, 1.165) is 12.8 Å². The molecule has 3 heterocycles. The van der Waals surface area contributed by atoms with E-state index in [1.54, 1.807) is 5.56 Å². The Hall–Kier alpha value is -1.58. The molecule has 2 aliphatic heterocycles. The monoisotopic (exact) mass is 308 g/mol. The molecule has 2 N–H and O–H groups in total. The molecule has 0 saturated carbocycles. The molecule has 3 atom stereocenters. The van der Waals surface area contributed by atoms with Crippen LogP contribution in [0.25, 0.3) is 10.9 Å². The molecule has 0 spiro atoms. The number of aromatic amines is 1. The number of piperidine rings is 1. The zero-order chi connectivity index (χ0) is 15.4. The maximum absolute atomic E-state index is 9.44. The summed E-state index contributed by atoms with van der Waals surface area (Å²) < 4.78 is 0. The number of benzene rings is 1. The van der Waals surface area contributed by atoms with E-state index in [2.05, 4.69) is 40.2 Å². The summed E-state index contributed by atoms with van der Waals surface area (Å²) in [6, 6.07) is 9.99. The average molecular weight is 308 g/mol. The van der Waals surface area contributed by atoms with Gasteiger partial charge in [-0.2, -0.15) is 0 Å². The van der Waals surface area contributed by atoms with Crippen LogP contribution >= 0.6 is 0 Å². The summed E-state index contributed by atoms with van der Waals surface area (Å²) in [5.74, 6) is 0.646. The van der Waals surface area contributed by atoms with Crippen LogP contribution in [-0.4, -0.2) is 34.2 Å². The number of para-hydroxylation sites is 1. The topological polar surface area (TPSA) is 39.3 Å². The minimum absolute atomic E-state index is 0.249. The molecular formula is C20H24N2O. The first kappa shape index (κ1) is 13.8. The molecule has 1 aliphatic carbocycles. The Balaban J connectivity index is 1.52. The minimum atomic E-state index is 0.249. The second kappa shape index (κ2) is 5.22. The maximum Gasteiger partial charge on any atom is 0.0641 e. The molecule has 3 aliphatic rings. The van der Waals surface area contributed by atoms with Crippen molar-refractivity contribution in [2.75, 3.05) is 13.2 Å². The van der Waals surface area contributed by atoms with E-state index in [1.165, 1.54) is 48.0 Å². The van der Waals surface area contributed by atoms with Gasteiger partial charge < -0.3 is 10.1 Å². The molecule has 1 saturated heterocycles. The lowest BCUT2D eigenvalue weighted by Crippen LogP contribution is -2.50. The van der Waals surface area contributed by atoms with Crippen molar-refractivity contribution in [3.63, 3.8) is 0 Å². The summed E-state index contributed by atoms with van der Waals surface area (Å²) in [7, 11) is 0. The van der Waals surface area contributed by atoms with E-state index in [9.17, 15) is 5.11 Å². The number of nitrogens with zero attached hydrogens (tertiary/aromatic N) is 1. The van der Waals surface area contributed by atoms with Gasteiger partial charge in [0.05, 0.1) is 12.6 Å². The van der Waals surface area contributed by atoms with Gasteiger partial charge in [-0.25, -0.2) is 0 Å². The number of aromatic nitrogens is 1. The lowest BCUT2D eigenvalue weighted by atomic mass is 9.75. The van der Waals surface area contributed by atoms with Crippen molar-refractivity contribution in [1.82, 2.24) is 9.88 Å². The van der Waals surface area contributed by atoms with Gasteiger partial charge in [-0.3, -0.25) is 4.90 Å². The van der Waals surface area contributed by atoms with E-state index in [1.807, 2.05) is 0 Å². The molecule has 0 unspecified atom stereocenters. The third kappa shape index (κ3) is 2.03. The van der Waals surface area contributed by atoms with E-state index < -0.39 is 0 Å². The van der Waals surface area contributed by atoms with Gasteiger partial charge in [0.15, 0.2) is 0 Å². The number of aliphatic hydroxyl groups excluding tert-OH is 1. The standard InChI is InChI=1S/C20H24N2O/c23-12-13-5-7-18-14(11-13)6-8-19-20-16(9-10-22(18)19)15-3-1-2-4-17(15)21-20/h1-4,11,14,18-19,21,23H,5-10,12H2/t14-,18-,19+/m1/s1. The molecule has 0 amide bonds. The van der Waals surface area contributed by atoms with Crippen LogP contribution in [0.1, 0.15) is 43.0 Å². The quantitative estimate of drug-likeness (QED) is 0.791. The van der Waals surface area contributed by atoms with E-state index >= 15 is 0 Å². The number of nitrogens with one attached hydrogen (secondary N) is 1. The molecule has 1 aromatic heterocycles. The van der Waals surface area contributed by atoms with Crippen LogP contribution in [0, 0.1) is 5.92 Å². The number of fused-ring (bicyclic) bond motifs is 7. The largest absolute Gasteiger partial charge is 0.392 e. The van der Waals surface area contributed by atoms with Crippen molar-refractivity contribution < 1.29 is 5.11 Å². The number of aliphatic hydroxyl groups is 1. The van der Waals surface area contributed by atoms with Gasteiger partial charge in [-0.05, 0) is 55.2 Å². The van der Waals surface area contributed by atoms with Crippen LogP contribution in [0.3, 0.4) is 0 Å². The number of hydrogen-bond donors (Lipinski definition) is 2. The summed E-state index contributed by atoms with van der Waals surface area (Å²) in [6.07, 6.45) is 8.31. The van der Waals surface area contributed by atoms with Crippen LogP contribution in [0.4, 0.5) is 0 Å². The van der Waals surface area contributed by atoms with Crippen LogP contribution < -0.4 is 0 Å². The van der Waals surface area contributed by atoms with Gasteiger partial charge in [0.25, 0.3) is 0 Å². The molecular weight excluding hydrogens is 284 g/mol. The van der Waals surface area contributed by atoms with Crippen LogP contribution in [0.5, 0.6) is 0 Å². The van der Waals surface area contributed by atoms with Crippen LogP contribution in [-0.2, 0) is 6.42 Å². The van der Waals surface area contributed by atoms with Crippen molar-refractivity contribution >= 4 is 10.9 Å². The van der Waals surface area contributed by atoms with Crippen molar-refractivity contribution in [1.29, 1.82) is 0 Å². The first-order valence-electron chi connectivity index (χ1n) is 9.01. The second-order valence-corrected chi connectivity index (χ2v) is 7.40. The number of rotatable bonds is 1. The Bertz CT molecular complexity index is 775. The molecule has 2 aromatic rings. The highest BCUT2D eigenvalue weighted by Gasteiger charge is 2.41. The number of H-pyrrole nitrogens is 1. The van der Waals surface area contributed by atoms with E-state index in [-0.39, 0.29) is 6.61 Å². The van der Waals surface area contributed by atoms with Crippen molar-refractivity contribution in [3.8, 4) is 0 Å². The molecule has 3 nitrogen and oxygen atoms in total. The highest BCUT2D eigenvalue weighted by molar-refractivity contribution is 5.85. The Kier molecular flexibility index (Phi) is 3.14.